The molecular formula is C21H22F3N5O2S2. The zero-order chi connectivity index (χ0) is 23.8. The Balaban J connectivity index is 1.82. The summed E-state index contributed by atoms with van der Waals surface area (Å²) in [6, 6.07) is 3.66. The van der Waals surface area contributed by atoms with Gasteiger partial charge >= 0.3 is 6.18 Å². The highest BCUT2D eigenvalue weighted by Crippen LogP contribution is 2.55. The Labute approximate surface area is 196 Å². The van der Waals surface area contributed by atoms with Crippen molar-refractivity contribution in [2.75, 3.05) is 6.54 Å². The average molecular weight is 498 g/mol. The van der Waals surface area contributed by atoms with Crippen molar-refractivity contribution in [1.29, 1.82) is 0 Å². The molecule has 1 aliphatic heterocycles. The molecule has 1 fully saturated rings. The third kappa shape index (κ3) is 4.58. The van der Waals surface area contributed by atoms with E-state index in [0.29, 0.717) is 24.6 Å². The summed E-state index contributed by atoms with van der Waals surface area (Å²) in [6.07, 6.45) is 3.89. The Hall–Kier alpha value is -2.60. The van der Waals surface area contributed by atoms with Crippen LogP contribution in [0.4, 0.5) is 13.2 Å². The van der Waals surface area contributed by atoms with Gasteiger partial charge in [-0.25, -0.2) is 4.98 Å². The van der Waals surface area contributed by atoms with Gasteiger partial charge in [0.05, 0.1) is 6.20 Å². The van der Waals surface area contributed by atoms with Gasteiger partial charge in [-0.3, -0.25) is 14.6 Å². The number of carbonyl (C=O) groups excluding carboxylic acids is 2. The van der Waals surface area contributed by atoms with E-state index in [1.165, 1.54) is 11.1 Å². The molecule has 3 heterocycles. The maximum atomic E-state index is 14.3. The van der Waals surface area contributed by atoms with Gasteiger partial charge in [-0.15, -0.1) is 11.3 Å². The number of hydrogen-bond acceptors (Lipinski definition) is 7. The van der Waals surface area contributed by atoms with E-state index in [-0.39, 0.29) is 16.4 Å². The summed E-state index contributed by atoms with van der Waals surface area (Å²) >= 11 is 1.63. The Morgan fingerprint density at radius 3 is 2.42 bits per heavy atom. The normalized spacial score (nSPS) is 20.8. The van der Waals surface area contributed by atoms with E-state index < -0.39 is 39.4 Å². The number of amides is 2. The first-order chi connectivity index (χ1) is 15.6. The predicted octanol–water partition coefficient (Wildman–Crippen LogP) is 3.85. The van der Waals surface area contributed by atoms with E-state index >= 15 is 0 Å². The summed E-state index contributed by atoms with van der Waals surface area (Å²) in [7, 11) is 0. The number of allylic oxidation sites excluding steroid dienone is 1. The van der Waals surface area contributed by atoms with Crippen molar-refractivity contribution in [3.63, 3.8) is 0 Å². The predicted molar refractivity (Wildman–Crippen MR) is 119 cm³/mol. The maximum absolute atomic E-state index is 14.3. The molecule has 4 rings (SSSR count). The number of primary amides is 2. The lowest BCUT2D eigenvalue weighted by molar-refractivity contribution is -0.120. The van der Waals surface area contributed by atoms with Crippen molar-refractivity contribution in [3.8, 4) is 0 Å². The van der Waals surface area contributed by atoms with Gasteiger partial charge in [-0.2, -0.15) is 13.2 Å². The molecule has 2 aliphatic rings. The molecule has 0 spiro atoms. The number of carbonyl (C=O) groups is 2. The van der Waals surface area contributed by atoms with Crippen molar-refractivity contribution in [2.45, 2.75) is 49.1 Å². The van der Waals surface area contributed by atoms with Crippen LogP contribution < -0.4 is 11.5 Å². The van der Waals surface area contributed by atoms with Crippen LogP contribution in [-0.2, 0) is 10.2 Å². The van der Waals surface area contributed by atoms with E-state index in [1.807, 2.05) is 6.07 Å². The van der Waals surface area contributed by atoms with E-state index in [2.05, 4.69) is 9.97 Å². The highest BCUT2D eigenvalue weighted by atomic mass is 32.2. The highest BCUT2D eigenvalue weighted by molar-refractivity contribution is 8.04. The summed E-state index contributed by atoms with van der Waals surface area (Å²) in [5.41, 5.74) is 9.91. The van der Waals surface area contributed by atoms with Crippen LogP contribution in [0.3, 0.4) is 0 Å². The van der Waals surface area contributed by atoms with Crippen LogP contribution in [0.1, 0.15) is 57.7 Å². The number of rotatable bonds is 6. The Kier molecular flexibility index (Phi) is 6.41. The van der Waals surface area contributed by atoms with Crippen LogP contribution in [0.2, 0.25) is 0 Å². The molecule has 0 aromatic carbocycles. The molecule has 4 N–H and O–H groups in total. The topological polar surface area (TPSA) is 115 Å². The second-order valence-corrected chi connectivity index (χ2v) is 10.3. The SMILES string of the molecule is NC(=O)C1=C(C(F)(F)F)N(CC2(c3cccnc3)CCCCC2)C(c2ncc(C(N)=O)s2)S1. The van der Waals surface area contributed by atoms with Crippen LogP contribution in [-0.4, -0.2) is 39.4 Å². The lowest BCUT2D eigenvalue weighted by Gasteiger charge is -2.43. The van der Waals surface area contributed by atoms with E-state index in [4.69, 9.17) is 11.5 Å². The minimum atomic E-state index is -4.80. The zero-order valence-corrected chi connectivity index (χ0v) is 19.1. The first kappa shape index (κ1) is 23.6. The van der Waals surface area contributed by atoms with Crippen molar-refractivity contribution < 1.29 is 22.8 Å². The molecule has 0 saturated heterocycles. The molecule has 0 radical (unpaired) electrons. The molecule has 1 saturated carbocycles. The van der Waals surface area contributed by atoms with E-state index in [1.54, 1.807) is 18.5 Å². The molecule has 1 unspecified atom stereocenters. The average Bonchev–Trinajstić information content (AvgIpc) is 3.40. The van der Waals surface area contributed by atoms with Crippen molar-refractivity contribution in [3.05, 3.63) is 56.8 Å². The summed E-state index contributed by atoms with van der Waals surface area (Å²) in [5, 5.41) is -0.707. The van der Waals surface area contributed by atoms with Crippen molar-refractivity contribution >= 4 is 34.9 Å². The molecule has 1 aliphatic carbocycles. The van der Waals surface area contributed by atoms with Gasteiger partial charge in [0.1, 0.15) is 25.9 Å². The molecular weight excluding hydrogens is 475 g/mol. The Morgan fingerprint density at radius 2 is 1.88 bits per heavy atom. The molecule has 2 amide bonds. The lowest BCUT2D eigenvalue weighted by atomic mass is 9.69. The van der Waals surface area contributed by atoms with Crippen LogP contribution >= 0.6 is 23.1 Å². The molecule has 2 aromatic rings. The summed E-state index contributed by atoms with van der Waals surface area (Å²) < 4.78 is 42.9. The molecule has 7 nitrogen and oxygen atoms in total. The number of thiazole rings is 1. The molecule has 1 atom stereocenters. The molecule has 2 aromatic heterocycles. The van der Waals surface area contributed by atoms with Gasteiger partial charge in [0, 0.05) is 24.4 Å². The summed E-state index contributed by atoms with van der Waals surface area (Å²) in [6.45, 7) is 0.00741. The molecule has 12 heteroatoms. The number of nitrogens with zero attached hydrogens (tertiary/aromatic N) is 3. The van der Waals surface area contributed by atoms with Gasteiger partial charge in [-0.05, 0) is 24.5 Å². The third-order valence-corrected chi connectivity index (χ3v) is 8.59. The minimum Gasteiger partial charge on any atom is -0.365 e. The fourth-order valence-corrected chi connectivity index (χ4v) is 6.78. The number of halogens is 3. The number of thioether (sulfide) groups is 1. The van der Waals surface area contributed by atoms with Crippen LogP contribution in [0.5, 0.6) is 0 Å². The summed E-state index contributed by atoms with van der Waals surface area (Å²) in [5.74, 6) is -1.86. The number of pyridine rings is 1. The largest absolute Gasteiger partial charge is 0.432 e. The number of aromatic nitrogens is 2. The van der Waals surface area contributed by atoms with Gasteiger partial charge in [0.15, 0.2) is 0 Å². The first-order valence-corrected chi connectivity index (χ1v) is 12.0. The van der Waals surface area contributed by atoms with E-state index in [0.717, 1.165) is 36.2 Å². The zero-order valence-electron chi connectivity index (χ0n) is 17.5. The molecule has 176 valence electrons. The second-order valence-electron chi connectivity index (χ2n) is 8.15. The van der Waals surface area contributed by atoms with Crippen LogP contribution in [0.15, 0.2) is 41.3 Å². The van der Waals surface area contributed by atoms with Crippen molar-refractivity contribution in [1.82, 2.24) is 14.9 Å². The molecule has 0 bridgehead atoms. The quantitative estimate of drug-likeness (QED) is 0.627. The first-order valence-electron chi connectivity index (χ1n) is 10.3. The Morgan fingerprint density at radius 1 is 1.15 bits per heavy atom. The number of hydrogen-bond donors (Lipinski definition) is 2. The Bertz CT molecular complexity index is 1080. The lowest BCUT2D eigenvalue weighted by Crippen LogP contribution is -2.44. The standard InChI is InChI=1S/C21H22F3N5O2S2/c22-21(23,24)15-14(17(26)31)33-19(18-28-10-13(32-18)16(25)30)29(15)11-20(6-2-1-3-7-20)12-5-4-8-27-9-12/h4-5,8-10,19H,1-3,6-7,11H2,(H2,25,30)(H2,26,31). The maximum Gasteiger partial charge on any atom is 0.432 e. The molecule has 33 heavy (non-hydrogen) atoms. The number of nitrogens with two attached hydrogens (primary N) is 2. The van der Waals surface area contributed by atoms with E-state index in [9.17, 15) is 22.8 Å². The number of alkyl halides is 3. The third-order valence-electron chi connectivity index (χ3n) is 6.04. The van der Waals surface area contributed by atoms with Crippen LogP contribution in [0.25, 0.3) is 0 Å². The minimum absolute atomic E-state index is 0.00741. The van der Waals surface area contributed by atoms with Crippen LogP contribution in [0, 0.1) is 0 Å². The fraction of sp³-hybridized carbons (Fsp3) is 0.429. The van der Waals surface area contributed by atoms with Gasteiger partial charge in [-0.1, -0.05) is 37.1 Å². The van der Waals surface area contributed by atoms with Crippen molar-refractivity contribution in [2.24, 2.45) is 11.5 Å². The van der Waals surface area contributed by atoms with Gasteiger partial charge in [0.25, 0.3) is 11.8 Å². The van der Waals surface area contributed by atoms with Gasteiger partial charge in [0.2, 0.25) is 0 Å². The fourth-order valence-electron chi connectivity index (χ4n) is 4.58. The van der Waals surface area contributed by atoms with Gasteiger partial charge < -0.3 is 16.4 Å². The monoisotopic (exact) mass is 497 g/mol. The highest BCUT2D eigenvalue weighted by Gasteiger charge is 2.52. The smallest absolute Gasteiger partial charge is 0.365 e. The summed E-state index contributed by atoms with van der Waals surface area (Å²) in [4.78, 5) is 32.7. The second kappa shape index (κ2) is 8.98.